The van der Waals surface area contributed by atoms with E-state index in [0.29, 0.717) is 17.0 Å². The number of nitrogens with zero attached hydrogens (tertiary/aromatic N) is 2. The fraction of sp³-hybridized carbons (Fsp3) is 0.125. The summed E-state index contributed by atoms with van der Waals surface area (Å²) in [6.45, 7) is 2.03. The van der Waals surface area contributed by atoms with Crippen LogP contribution >= 0.6 is 11.3 Å². The smallest absolute Gasteiger partial charge is 0.153 e. The number of thiophene rings is 1. The Bertz CT molecular complexity index is 789. The lowest BCUT2D eigenvalue weighted by molar-refractivity contribution is 0.112. The average molecular weight is 298 g/mol. The Morgan fingerprint density at radius 3 is 2.71 bits per heavy atom. The predicted molar refractivity (Wildman–Crippen MR) is 83.6 cm³/mol. The fourth-order valence-corrected chi connectivity index (χ4v) is 3.04. The van der Waals surface area contributed by atoms with Crippen molar-refractivity contribution in [2.75, 3.05) is 7.11 Å². The summed E-state index contributed by atoms with van der Waals surface area (Å²) in [7, 11) is 1.62. The van der Waals surface area contributed by atoms with Gasteiger partial charge < -0.3 is 4.74 Å². The first kappa shape index (κ1) is 13.6. The largest absolute Gasteiger partial charge is 0.494 e. The Labute approximate surface area is 126 Å². The number of ether oxygens (including phenoxy) is 1. The molecular formula is C16H14N2O2S. The van der Waals surface area contributed by atoms with Crippen LogP contribution in [-0.2, 0) is 0 Å². The minimum Gasteiger partial charge on any atom is -0.494 e. The van der Waals surface area contributed by atoms with Gasteiger partial charge in [0.25, 0.3) is 0 Å². The number of benzene rings is 1. The zero-order valence-electron chi connectivity index (χ0n) is 11.7. The van der Waals surface area contributed by atoms with Gasteiger partial charge in [-0.25, -0.2) is 4.68 Å². The zero-order chi connectivity index (χ0) is 14.8. The highest BCUT2D eigenvalue weighted by molar-refractivity contribution is 7.15. The SMILES string of the molecule is COc1ccccc1-n1cc(C=O)c(-c2ccc(C)s2)n1. The highest BCUT2D eigenvalue weighted by Gasteiger charge is 2.14. The van der Waals surface area contributed by atoms with Gasteiger partial charge in [0, 0.05) is 11.1 Å². The number of aldehydes is 1. The van der Waals surface area contributed by atoms with Crippen LogP contribution in [0.2, 0.25) is 0 Å². The summed E-state index contributed by atoms with van der Waals surface area (Å²) in [5.74, 6) is 0.714. The lowest BCUT2D eigenvalue weighted by atomic mass is 10.2. The number of methoxy groups -OCH3 is 1. The molecule has 0 spiro atoms. The minimum atomic E-state index is 0.572. The molecule has 0 saturated carbocycles. The number of carbonyl (C=O) groups excluding carboxylic acids is 1. The molecule has 21 heavy (non-hydrogen) atoms. The third-order valence-electron chi connectivity index (χ3n) is 3.18. The second-order valence-corrected chi connectivity index (χ2v) is 5.87. The molecule has 0 aliphatic carbocycles. The molecule has 0 saturated heterocycles. The van der Waals surface area contributed by atoms with Crippen LogP contribution in [0.3, 0.4) is 0 Å². The van der Waals surface area contributed by atoms with Crippen LogP contribution in [-0.4, -0.2) is 23.2 Å². The zero-order valence-corrected chi connectivity index (χ0v) is 12.6. The molecule has 0 radical (unpaired) electrons. The lowest BCUT2D eigenvalue weighted by Gasteiger charge is -2.07. The summed E-state index contributed by atoms with van der Waals surface area (Å²) in [5.41, 5.74) is 2.08. The first-order valence-electron chi connectivity index (χ1n) is 6.48. The summed E-state index contributed by atoms with van der Waals surface area (Å²) in [5, 5.41) is 4.56. The van der Waals surface area contributed by atoms with E-state index in [4.69, 9.17) is 4.74 Å². The number of aromatic nitrogens is 2. The Kier molecular flexibility index (Phi) is 3.58. The summed E-state index contributed by atoms with van der Waals surface area (Å²) in [4.78, 5) is 13.5. The second kappa shape index (κ2) is 5.54. The van der Waals surface area contributed by atoms with Gasteiger partial charge in [0.1, 0.15) is 17.1 Å². The van der Waals surface area contributed by atoms with Crippen LogP contribution in [0.5, 0.6) is 5.75 Å². The van der Waals surface area contributed by atoms with Gasteiger partial charge in [0.05, 0.1) is 17.6 Å². The molecule has 2 heterocycles. The van der Waals surface area contributed by atoms with E-state index in [-0.39, 0.29) is 0 Å². The van der Waals surface area contributed by atoms with E-state index >= 15 is 0 Å². The van der Waals surface area contributed by atoms with Crippen molar-refractivity contribution >= 4 is 17.6 Å². The van der Waals surface area contributed by atoms with Gasteiger partial charge in [-0.1, -0.05) is 12.1 Å². The van der Waals surface area contributed by atoms with E-state index in [2.05, 4.69) is 5.10 Å². The van der Waals surface area contributed by atoms with Crippen molar-refractivity contribution in [3.8, 4) is 22.0 Å². The van der Waals surface area contributed by atoms with Crippen molar-refractivity contribution < 1.29 is 9.53 Å². The quantitative estimate of drug-likeness (QED) is 0.689. The molecular weight excluding hydrogens is 284 g/mol. The molecule has 0 atom stereocenters. The fourth-order valence-electron chi connectivity index (χ4n) is 2.17. The van der Waals surface area contributed by atoms with Crippen molar-refractivity contribution in [3.05, 3.63) is 53.0 Å². The Morgan fingerprint density at radius 1 is 1.24 bits per heavy atom. The van der Waals surface area contributed by atoms with E-state index in [1.54, 1.807) is 29.3 Å². The molecule has 0 amide bonds. The van der Waals surface area contributed by atoms with E-state index in [0.717, 1.165) is 16.9 Å². The van der Waals surface area contributed by atoms with Gasteiger partial charge in [-0.3, -0.25) is 4.79 Å². The molecule has 1 aromatic carbocycles. The Hall–Kier alpha value is -2.40. The van der Waals surface area contributed by atoms with Gasteiger partial charge in [-0.15, -0.1) is 11.3 Å². The molecule has 106 valence electrons. The number of rotatable bonds is 4. The highest BCUT2D eigenvalue weighted by Crippen LogP contribution is 2.30. The molecule has 3 rings (SSSR count). The predicted octanol–water partition coefficient (Wildman–Crippen LogP) is 3.73. The van der Waals surface area contributed by atoms with Gasteiger partial charge in [-0.2, -0.15) is 5.10 Å². The maximum Gasteiger partial charge on any atom is 0.153 e. The van der Waals surface area contributed by atoms with Crippen LogP contribution in [0, 0.1) is 6.92 Å². The number of carbonyl (C=O) groups is 1. The first-order valence-corrected chi connectivity index (χ1v) is 7.29. The number of hydrogen-bond acceptors (Lipinski definition) is 4. The maximum absolute atomic E-state index is 11.3. The molecule has 0 bridgehead atoms. The maximum atomic E-state index is 11.3. The van der Waals surface area contributed by atoms with Crippen molar-refractivity contribution in [2.24, 2.45) is 0 Å². The Balaban J connectivity index is 2.13. The summed E-state index contributed by atoms with van der Waals surface area (Å²) < 4.78 is 7.03. The first-order chi connectivity index (χ1) is 10.2. The second-order valence-electron chi connectivity index (χ2n) is 4.58. The van der Waals surface area contributed by atoms with Gasteiger partial charge in [-0.05, 0) is 31.2 Å². The number of para-hydroxylation sites is 2. The van der Waals surface area contributed by atoms with Crippen LogP contribution in [0.4, 0.5) is 0 Å². The normalized spacial score (nSPS) is 10.6. The molecule has 4 nitrogen and oxygen atoms in total. The monoisotopic (exact) mass is 298 g/mol. The molecule has 0 N–H and O–H groups in total. The summed E-state index contributed by atoms with van der Waals surface area (Å²) >= 11 is 1.62. The highest BCUT2D eigenvalue weighted by atomic mass is 32.1. The summed E-state index contributed by atoms with van der Waals surface area (Å²) in [6, 6.07) is 11.6. The molecule has 5 heteroatoms. The Morgan fingerprint density at radius 2 is 2.05 bits per heavy atom. The molecule has 0 aliphatic heterocycles. The average Bonchev–Trinajstić information content (AvgIpc) is 3.12. The van der Waals surface area contributed by atoms with Crippen LogP contribution in [0.15, 0.2) is 42.6 Å². The molecule has 0 fully saturated rings. The summed E-state index contributed by atoms with van der Waals surface area (Å²) in [6.07, 6.45) is 2.57. The van der Waals surface area contributed by atoms with Crippen LogP contribution in [0.1, 0.15) is 15.2 Å². The molecule has 3 aromatic rings. The van der Waals surface area contributed by atoms with Crippen LogP contribution in [0.25, 0.3) is 16.3 Å². The van der Waals surface area contributed by atoms with E-state index in [1.165, 1.54) is 4.88 Å². The van der Waals surface area contributed by atoms with Gasteiger partial charge >= 0.3 is 0 Å². The van der Waals surface area contributed by atoms with Crippen molar-refractivity contribution in [3.63, 3.8) is 0 Å². The van der Waals surface area contributed by atoms with Crippen molar-refractivity contribution in [1.82, 2.24) is 9.78 Å². The third-order valence-corrected chi connectivity index (χ3v) is 4.18. The minimum absolute atomic E-state index is 0.572. The van der Waals surface area contributed by atoms with E-state index in [9.17, 15) is 4.79 Å². The lowest BCUT2D eigenvalue weighted by Crippen LogP contribution is -1.98. The topological polar surface area (TPSA) is 44.1 Å². The van der Waals surface area contributed by atoms with E-state index < -0.39 is 0 Å². The van der Waals surface area contributed by atoms with Gasteiger partial charge in [0.2, 0.25) is 0 Å². The molecule has 0 aliphatic rings. The molecule has 2 aromatic heterocycles. The van der Waals surface area contributed by atoms with Crippen molar-refractivity contribution in [2.45, 2.75) is 6.92 Å². The van der Waals surface area contributed by atoms with Crippen molar-refractivity contribution in [1.29, 1.82) is 0 Å². The number of aryl methyl sites for hydroxylation is 1. The van der Waals surface area contributed by atoms with Crippen LogP contribution < -0.4 is 4.74 Å². The van der Waals surface area contributed by atoms with Gasteiger partial charge in [0.15, 0.2) is 6.29 Å². The number of hydrogen-bond donors (Lipinski definition) is 0. The molecule has 0 unspecified atom stereocenters. The third kappa shape index (κ3) is 2.48. The standard InChI is InChI=1S/C16H14N2O2S/c1-11-7-8-15(21-11)16-12(10-19)9-18(17-16)13-5-3-4-6-14(13)20-2/h3-10H,1-2H3. The van der Waals surface area contributed by atoms with E-state index in [1.807, 2.05) is 43.3 Å².